The van der Waals surface area contributed by atoms with E-state index in [9.17, 15) is 4.79 Å². The van der Waals surface area contributed by atoms with Crippen molar-refractivity contribution in [2.75, 3.05) is 33.3 Å². The predicted molar refractivity (Wildman–Crippen MR) is 59.8 cm³/mol. The average Bonchev–Trinajstić information content (AvgIpc) is 2.31. The van der Waals surface area contributed by atoms with Gasteiger partial charge in [0, 0.05) is 19.1 Å². The summed E-state index contributed by atoms with van der Waals surface area (Å²) in [4.78, 5) is 13.4. The number of nitrogens with zero attached hydrogens (tertiary/aromatic N) is 1. The lowest BCUT2D eigenvalue weighted by atomic mass is 10.1. The Labute approximate surface area is 92.0 Å². The van der Waals surface area contributed by atoms with Crippen LogP contribution < -0.4 is 5.32 Å². The summed E-state index contributed by atoms with van der Waals surface area (Å²) >= 11 is 0. The molecular formula is C11H22N2O2. The molecule has 1 atom stereocenters. The van der Waals surface area contributed by atoms with Crippen LogP contribution in [-0.2, 0) is 9.53 Å². The SMILES string of the molecule is CCN(CCC(=O)OC)C1CCCNC1. The van der Waals surface area contributed by atoms with Crippen molar-refractivity contribution in [1.82, 2.24) is 10.2 Å². The second-order valence-corrected chi connectivity index (χ2v) is 3.95. The highest BCUT2D eigenvalue weighted by atomic mass is 16.5. The predicted octanol–water partition coefficient (Wildman–Crippen LogP) is 0.623. The van der Waals surface area contributed by atoms with Crippen LogP contribution in [0.15, 0.2) is 0 Å². The van der Waals surface area contributed by atoms with Crippen LogP contribution >= 0.6 is 0 Å². The Morgan fingerprint density at radius 2 is 2.40 bits per heavy atom. The minimum Gasteiger partial charge on any atom is -0.469 e. The third-order valence-electron chi connectivity index (χ3n) is 3.02. The Morgan fingerprint density at radius 1 is 1.60 bits per heavy atom. The molecule has 4 heteroatoms. The van der Waals surface area contributed by atoms with E-state index in [2.05, 4.69) is 21.9 Å². The van der Waals surface area contributed by atoms with Crippen LogP contribution in [0, 0.1) is 0 Å². The molecule has 1 rings (SSSR count). The van der Waals surface area contributed by atoms with E-state index in [-0.39, 0.29) is 5.97 Å². The lowest BCUT2D eigenvalue weighted by molar-refractivity contribution is -0.141. The first kappa shape index (κ1) is 12.5. The first-order valence-electron chi connectivity index (χ1n) is 5.79. The number of ether oxygens (including phenoxy) is 1. The summed E-state index contributed by atoms with van der Waals surface area (Å²) in [5, 5.41) is 3.39. The fourth-order valence-corrected chi connectivity index (χ4v) is 2.08. The normalized spacial score (nSPS) is 21.7. The van der Waals surface area contributed by atoms with Crippen molar-refractivity contribution in [3.63, 3.8) is 0 Å². The van der Waals surface area contributed by atoms with Gasteiger partial charge in [0.25, 0.3) is 0 Å². The van der Waals surface area contributed by atoms with E-state index in [1.165, 1.54) is 20.0 Å². The number of carbonyl (C=O) groups excluding carboxylic acids is 1. The lowest BCUT2D eigenvalue weighted by Gasteiger charge is -2.33. The first-order chi connectivity index (χ1) is 7.27. The molecule has 0 bridgehead atoms. The van der Waals surface area contributed by atoms with Crippen molar-refractivity contribution in [2.45, 2.75) is 32.2 Å². The van der Waals surface area contributed by atoms with Gasteiger partial charge in [0.2, 0.25) is 0 Å². The smallest absolute Gasteiger partial charge is 0.306 e. The quantitative estimate of drug-likeness (QED) is 0.681. The van der Waals surface area contributed by atoms with Gasteiger partial charge in [0.05, 0.1) is 13.5 Å². The molecular weight excluding hydrogens is 192 g/mol. The third kappa shape index (κ3) is 4.18. The number of rotatable bonds is 5. The number of likely N-dealkylation sites (N-methyl/N-ethyl adjacent to an activating group) is 1. The monoisotopic (exact) mass is 214 g/mol. The van der Waals surface area contributed by atoms with Gasteiger partial charge < -0.3 is 10.1 Å². The summed E-state index contributed by atoms with van der Waals surface area (Å²) in [6, 6.07) is 0.591. The van der Waals surface area contributed by atoms with Gasteiger partial charge in [-0.05, 0) is 25.9 Å². The van der Waals surface area contributed by atoms with Gasteiger partial charge in [-0.25, -0.2) is 0 Å². The Bertz CT molecular complexity index is 191. The van der Waals surface area contributed by atoms with Crippen molar-refractivity contribution >= 4 is 5.97 Å². The Hall–Kier alpha value is -0.610. The fourth-order valence-electron chi connectivity index (χ4n) is 2.08. The fraction of sp³-hybridized carbons (Fsp3) is 0.909. The molecule has 0 amide bonds. The zero-order valence-electron chi connectivity index (χ0n) is 9.79. The number of nitrogens with one attached hydrogen (secondary N) is 1. The molecule has 0 aliphatic carbocycles. The third-order valence-corrected chi connectivity index (χ3v) is 3.02. The first-order valence-corrected chi connectivity index (χ1v) is 5.79. The minimum absolute atomic E-state index is 0.114. The van der Waals surface area contributed by atoms with E-state index in [0.717, 1.165) is 26.2 Å². The van der Waals surface area contributed by atoms with Gasteiger partial charge in [-0.3, -0.25) is 9.69 Å². The van der Waals surface area contributed by atoms with Crippen LogP contribution in [0.2, 0.25) is 0 Å². The van der Waals surface area contributed by atoms with Gasteiger partial charge in [0.1, 0.15) is 0 Å². The highest BCUT2D eigenvalue weighted by molar-refractivity contribution is 5.69. The highest BCUT2D eigenvalue weighted by Crippen LogP contribution is 2.10. The molecule has 0 saturated carbocycles. The molecule has 1 aliphatic heterocycles. The topological polar surface area (TPSA) is 41.6 Å². The lowest BCUT2D eigenvalue weighted by Crippen LogP contribution is -2.46. The molecule has 1 heterocycles. The number of esters is 1. The van der Waals surface area contributed by atoms with E-state index < -0.39 is 0 Å². The molecule has 1 saturated heterocycles. The molecule has 1 unspecified atom stereocenters. The molecule has 0 aromatic heterocycles. The van der Waals surface area contributed by atoms with Crippen LogP contribution in [0.5, 0.6) is 0 Å². The summed E-state index contributed by atoms with van der Waals surface area (Å²) in [5.41, 5.74) is 0. The summed E-state index contributed by atoms with van der Waals surface area (Å²) in [7, 11) is 1.45. The van der Waals surface area contributed by atoms with Crippen LogP contribution in [-0.4, -0.2) is 50.2 Å². The van der Waals surface area contributed by atoms with Crippen molar-refractivity contribution in [2.24, 2.45) is 0 Å². The van der Waals surface area contributed by atoms with E-state index >= 15 is 0 Å². The molecule has 0 radical (unpaired) electrons. The molecule has 15 heavy (non-hydrogen) atoms. The Balaban J connectivity index is 2.30. The van der Waals surface area contributed by atoms with Crippen molar-refractivity contribution in [3.05, 3.63) is 0 Å². The van der Waals surface area contributed by atoms with Gasteiger partial charge in [-0.15, -0.1) is 0 Å². The van der Waals surface area contributed by atoms with Gasteiger partial charge in [-0.2, -0.15) is 0 Å². The number of piperidine rings is 1. The summed E-state index contributed by atoms with van der Waals surface area (Å²) < 4.78 is 4.65. The van der Waals surface area contributed by atoms with Crippen LogP contribution in [0.1, 0.15) is 26.2 Å². The average molecular weight is 214 g/mol. The van der Waals surface area contributed by atoms with Crippen molar-refractivity contribution in [3.8, 4) is 0 Å². The maximum Gasteiger partial charge on any atom is 0.306 e. The summed E-state index contributed by atoms with van der Waals surface area (Å²) in [6.45, 7) is 6.14. The number of methoxy groups -OCH3 is 1. The zero-order chi connectivity index (χ0) is 11.1. The maximum absolute atomic E-state index is 11.1. The Morgan fingerprint density at radius 3 is 2.93 bits per heavy atom. The molecule has 88 valence electrons. The Kier molecular flexibility index (Phi) is 5.65. The van der Waals surface area contributed by atoms with Crippen LogP contribution in [0.4, 0.5) is 0 Å². The summed E-state index contributed by atoms with van der Waals surface area (Å²) in [5.74, 6) is -0.114. The van der Waals surface area contributed by atoms with Crippen LogP contribution in [0.3, 0.4) is 0 Å². The molecule has 1 N–H and O–H groups in total. The zero-order valence-corrected chi connectivity index (χ0v) is 9.79. The molecule has 1 fully saturated rings. The molecule has 1 aliphatic rings. The van der Waals surface area contributed by atoms with Crippen molar-refractivity contribution in [1.29, 1.82) is 0 Å². The van der Waals surface area contributed by atoms with Gasteiger partial charge in [-0.1, -0.05) is 6.92 Å². The van der Waals surface area contributed by atoms with Gasteiger partial charge >= 0.3 is 5.97 Å². The molecule has 0 aromatic carbocycles. The molecule has 4 nitrogen and oxygen atoms in total. The van der Waals surface area contributed by atoms with E-state index in [1.54, 1.807) is 0 Å². The van der Waals surface area contributed by atoms with E-state index in [0.29, 0.717) is 12.5 Å². The molecule has 0 spiro atoms. The van der Waals surface area contributed by atoms with Gasteiger partial charge in [0.15, 0.2) is 0 Å². The maximum atomic E-state index is 11.1. The standard InChI is InChI=1S/C11H22N2O2/c1-3-13(8-6-11(14)15-2)10-5-4-7-12-9-10/h10,12H,3-9H2,1-2H3. The summed E-state index contributed by atoms with van der Waals surface area (Å²) in [6.07, 6.45) is 2.97. The second kappa shape index (κ2) is 6.80. The number of hydrogen-bond donors (Lipinski definition) is 1. The van der Waals surface area contributed by atoms with E-state index in [1.807, 2.05) is 0 Å². The van der Waals surface area contributed by atoms with E-state index in [4.69, 9.17) is 0 Å². The number of carbonyl (C=O) groups is 1. The minimum atomic E-state index is -0.114. The second-order valence-electron chi connectivity index (χ2n) is 3.95. The van der Waals surface area contributed by atoms with Crippen LogP contribution in [0.25, 0.3) is 0 Å². The molecule has 0 aromatic rings. The van der Waals surface area contributed by atoms with Crippen molar-refractivity contribution < 1.29 is 9.53 Å². The largest absolute Gasteiger partial charge is 0.469 e. The highest BCUT2D eigenvalue weighted by Gasteiger charge is 2.19. The number of hydrogen-bond acceptors (Lipinski definition) is 4.